The standard InChI is InChI=1S/C15H12OS2/c16-15-11(9-13-3-1-7-17-13)5-6-12(15)10-14-4-2-8-18-14/h1-4,7-10H,5-6H2/b11-9+,12-10?. The third-order valence-corrected chi connectivity index (χ3v) is 4.60. The highest BCUT2D eigenvalue weighted by molar-refractivity contribution is 7.11. The van der Waals surface area contributed by atoms with E-state index in [1.54, 1.807) is 22.7 Å². The largest absolute Gasteiger partial charge is 0.289 e. The zero-order valence-electron chi connectivity index (χ0n) is 9.76. The van der Waals surface area contributed by atoms with Gasteiger partial charge in [-0.05, 0) is 47.9 Å². The highest BCUT2D eigenvalue weighted by atomic mass is 32.1. The van der Waals surface area contributed by atoms with Crippen molar-refractivity contribution in [1.29, 1.82) is 0 Å². The van der Waals surface area contributed by atoms with Crippen LogP contribution >= 0.6 is 22.7 Å². The molecule has 1 aliphatic carbocycles. The smallest absolute Gasteiger partial charge is 0.185 e. The summed E-state index contributed by atoms with van der Waals surface area (Å²) in [7, 11) is 0. The number of carbonyl (C=O) groups is 1. The molecule has 18 heavy (non-hydrogen) atoms. The van der Waals surface area contributed by atoms with Crippen LogP contribution in [-0.4, -0.2) is 5.78 Å². The zero-order chi connectivity index (χ0) is 12.4. The zero-order valence-corrected chi connectivity index (χ0v) is 11.4. The van der Waals surface area contributed by atoms with Crippen molar-refractivity contribution in [1.82, 2.24) is 0 Å². The predicted molar refractivity (Wildman–Crippen MR) is 78.8 cm³/mol. The van der Waals surface area contributed by atoms with E-state index in [0.717, 1.165) is 33.7 Å². The molecule has 1 nitrogen and oxygen atoms in total. The summed E-state index contributed by atoms with van der Waals surface area (Å²) in [6.45, 7) is 0. The minimum atomic E-state index is 0.219. The lowest BCUT2D eigenvalue weighted by molar-refractivity contribution is -0.111. The quantitative estimate of drug-likeness (QED) is 0.728. The summed E-state index contributed by atoms with van der Waals surface area (Å²) in [5.41, 5.74) is 1.89. The van der Waals surface area contributed by atoms with Crippen molar-refractivity contribution >= 4 is 40.6 Å². The molecule has 2 aromatic rings. The van der Waals surface area contributed by atoms with Gasteiger partial charge in [0.1, 0.15) is 0 Å². The van der Waals surface area contributed by atoms with Crippen LogP contribution in [0.3, 0.4) is 0 Å². The van der Waals surface area contributed by atoms with Crippen LogP contribution < -0.4 is 0 Å². The van der Waals surface area contributed by atoms with Crippen LogP contribution in [0.5, 0.6) is 0 Å². The Kier molecular flexibility index (Phi) is 3.26. The summed E-state index contributed by atoms with van der Waals surface area (Å²) in [6, 6.07) is 8.12. The lowest BCUT2D eigenvalue weighted by Gasteiger charge is -1.93. The molecule has 90 valence electrons. The number of hydrogen-bond acceptors (Lipinski definition) is 3. The molecule has 1 saturated carbocycles. The Balaban J connectivity index is 1.85. The molecule has 0 radical (unpaired) electrons. The fraction of sp³-hybridized carbons (Fsp3) is 0.133. The second kappa shape index (κ2) is 5.04. The highest BCUT2D eigenvalue weighted by Crippen LogP contribution is 2.30. The number of hydrogen-bond donors (Lipinski definition) is 0. The molecule has 0 amide bonds. The number of allylic oxidation sites excluding steroid dienone is 2. The number of rotatable bonds is 2. The van der Waals surface area contributed by atoms with Gasteiger partial charge in [0, 0.05) is 20.9 Å². The van der Waals surface area contributed by atoms with Gasteiger partial charge in [-0.15, -0.1) is 22.7 Å². The molecule has 3 heteroatoms. The van der Waals surface area contributed by atoms with Crippen molar-refractivity contribution in [2.24, 2.45) is 0 Å². The molecule has 0 atom stereocenters. The minimum absolute atomic E-state index is 0.219. The summed E-state index contributed by atoms with van der Waals surface area (Å²) in [5, 5.41) is 4.07. The predicted octanol–water partition coefficient (Wildman–Crippen LogP) is 4.64. The first-order chi connectivity index (χ1) is 8.83. The lowest BCUT2D eigenvalue weighted by atomic mass is 10.1. The monoisotopic (exact) mass is 272 g/mol. The van der Waals surface area contributed by atoms with Gasteiger partial charge in [-0.25, -0.2) is 0 Å². The second-order valence-corrected chi connectivity index (χ2v) is 6.16. The van der Waals surface area contributed by atoms with Gasteiger partial charge in [-0.1, -0.05) is 12.1 Å². The van der Waals surface area contributed by atoms with Gasteiger partial charge in [0.25, 0.3) is 0 Å². The van der Waals surface area contributed by atoms with Crippen LogP contribution in [0.2, 0.25) is 0 Å². The first-order valence-corrected chi connectivity index (χ1v) is 7.62. The maximum atomic E-state index is 12.2. The van der Waals surface area contributed by atoms with E-state index in [4.69, 9.17) is 0 Å². The number of carbonyl (C=O) groups excluding carboxylic acids is 1. The average Bonchev–Trinajstić information content (AvgIpc) is 3.08. The Labute approximate surface area is 114 Å². The molecule has 3 rings (SSSR count). The molecule has 2 heterocycles. The Morgan fingerprint density at radius 3 is 1.78 bits per heavy atom. The van der Waals surface area contributed by atoms with Crippen molar-refractivity contribution in [2.75, 3.05) is 0 Å². The van der Waals surface area contributed by atoms with E-state index >= 15 is 0 Å². The molecule has 2 aromatic heterocycles. The lowest BCUT2D eigenvalue weighted by Crippen LogP contribution is -1.94. The molecule has 1 fully saturated rings. The van der Waals surface area contributed by atoms with Crippen LogP contribution in [0.1, 0.15) is 22.6 Å². The molecule has 0 aromatic carbocycles. The van der Waals surface area contributed by atoms with E-state index in [1.165, 1.54) is 0 Å². The summed E-state index contributed by atoms with van der Waals surface area (Å²) >= 11 is 3.34. The molecule has 0 unspecified atom stereocenters. The van der Waals surface area contributed by atoms with Crippen LogP contribution in [0, 0.1) is 0 Å². The molecule has 0 bridgehead atoms. The number of Topliss-reactive ketones (excluding diaryl/α,β-unsaturated/α-hetero) is 1. The van der Waals surface area contributed by atoms with Crippen molar-refractivity contribution in [3.63, 3.8) is 0 Å². The SMILES string of the molecule is O=C1C(=Cc2cccs2)CC/C1=C\c1cccs1. The van der Waals surface area contributed by atoms with Gasteiger partial charge in [0.05, 0.1) is 0 Å². The summed E-state index contributed by atoms with van der Waals surface area (Å²) in [5.74, 6) is 0.219. The topological polar surface area (TPSA) is 17.1 Å². The van der Waals surface area contributed by atoms with Gasteiger partial charge < -0.3 is 0 Å². The third-order valence-electron chi connectivity index (χ3n) is 2.97. The molecule has 0 spiro atoms. The van der Waals surface area contributed by atoms with E-state index in [1.807, 2.05) is 47.2 Å². The number of thiophene rings is 2. The van der Waals surface area contributed by atoms with E-state index in [0.29, 0.717) is 0 Å². The minimum Gasteiger partial charge on any atom is -0.289 e. The van der Waals surface area contributed by atoms with E-state index in [2.05, 4.69) is 0 Å². The van der Waals surface area contributed by atoms with E-state index in [-0.39, 0.29) is 5.78 Å². The normalized spacial score (nSPS) is 20.1. The van der Waals surface area contributed by atoms with Crippen LogP contribution in [0.4, 0.5) is 0 Å². The second-order valence-electron chi connectivity index (χ2n) is 4.20. The van der Waals surface area contributed by atoms with Crippen molar-refractivity contribution in [2.45, 2.75) is 12.8 Å². The van der Waals surface area contributed by atoms with Crippen molar-refractivity contribution in [3.05, 3.63) is 55.9 Å². The van der Waals surface area contributed by atoms with Gasteiger partial charge in [0.2, 0.25) is 0 Å². The molecular formula is C15H12OS2. The summed E-state index contributed by atoms with van der Waals surface area (Å²) in [6.07, 6.45) is 5.80. The molecule has 1 aliphatic rings. The number of ketones is 1. The fourth-order valence-corrected chi connectivity index (χ4v) is 3.43. The third kappa shape index (κ3) is 2.37. The van der Waals surface area contributed by atoms with Crippen LogP contribution in [-0.2, 0) is 4.79 Å². The molecule has 0 N–H and O–H groups in total. The van der Waals surface area contributed by atoms with Gasteiger partial charge in [0.15, 0.2) is 5.78 Å². The van der Waals surface area contributed by atoms with E-state index < -0.39 is 0 Å². The molecular weight excluding hydrogens is 260 g/mol. The maximum absolute atomic E-state index is 12.2. The molecule has 0 saturated heterocycles. The van der Waals surface area contributed by atoms with Crippen molar-refractivity contribution in [3.8, 4) is 0 Å². The summed E-state index contributed by atoms with van der Waals surface area (Å²) < 4.78 is 0. The fourth-order valence-electron chi connectivity index (χ4n) is 2.07. The Morgan fingerprint density at radius 1 is 0.889 bits per heavy atom. The van der Waals surface area contributed by atoms with Gasteiger partial charge in [-0.3, -0.25) is 4.79 Å². The highest BCUT2D eigenvalue weighted by Gasteiger charge is 2.22. The first kappa shape index (κ1) is 11.6. The first-order valence-electron chi connectivity index (χ1n) is 5.86. The average molecular weight is 272 g/mol. The molecule has 0 aliphatic heterocycles. The Hall–Kier alpha value is -1.45. The summed E-state index contributed by atoms with van der Waals surface area (Å²) in [4.78, 5) is 14.6. The Bertz CT molecular complexity index is 547. The van der Waals surface area contributed by atoms with Gasteiger partial charge in [-0.2, -0.15) is 0 Å². The van der Waals surface area contributed by atoms with Crippen molar-refractivity contribution < 1.29 is 4.79 Å². The van der Waals surface area contributed by atoms with Gasteiger partial charge >= 0.3 is 0 Å². The Morgan fingerprint density at radius 2 is 1.39 bits per heavy atom. The van der Waals surface area contributed by atoms with Crippen LogP contribution in [0.25, 0.3) is 12.2 Å². The van der Waals surface area contributed by atoms with E-state index in [9.17, 15) is 4.79 Å². The maximum Gasteiger partial charge on any atom is 0.185 e. The van der Waals surface area contributed by atoms with Crippen LogP contribution in [0.15, 0.2) is 46.2 Å².